The molecule has 0 aliphatic carbocycles. The van der Waals surface area contributed by atoms with Crippen molar-refractivity contribution in [2.24, 2.45) is 0 Å². The number of benzene rings is 2. The Morgan fingerprint density at radius 2 is 2.09 bits per heavy atom. The van der Waals surface area contributed by atoms with Gasteiger partial charge in [-0.1, -0.05) is 19.1 Å². The van der Waals surface area contributed by atoms with Crippen molar-refractivity contribution in [3.8, 4) is 11.5 Å². The van der Waals surface area contributed by atoms with Crippen molar-refractivity contribution in [2.75, 3.05) is 7.11 Å². The number of aromatic hydroxyl groups is 1. The number of hydrogen-bond donors (Lipinski definition) is 1. The number of methoxy groups -OCH3 is 1. The number of Topliss-reactive ketones (excluding diaryl/α,β-unsaturated/α-hetero) is 1. The van der Waals surface area contributed by atoms with Crippen LogP contribution in [0.15, 0.2) is 36.4 Å². The number of ketones is 1. The Morgan fingerprint density at radius 1 is 1.30 bits per heavy atom. The maximum absolute atomic E-state index is 12.5. The standard InChI is InChI=1S/C18H17NO3S/c1-3-11-8-12(14(20)9-16(11)22-2)15(21)10-18-19-13-6-4-5-7-17(13)23-18/h4-9,20H,3,10H2,1-2H3. The predicted octanol–water partition coefficient (Wildman–Crippen LogP) is 4.00. The minimum Gasteiger partial charge on any atom is -0.507 e. The number of thiazole rings is 1. The molecule has 0 aliphatic heterocycles. The van der Waals surface area contributed by atoms with Crippen LogP contribution in [0.5, 0.6) is 11.5 Å². The third-order valence-electron chi connectivity index (χ3n) is 3.73. The Labute approximate surface area is 138 Å². The second-order valence-electron chi connectivity index (χ2n) is 5.21. The molecule has 0 fully saturated rings. The van der Waals surface area contributed by atoms with Crippen molar-refractivity contribution in [1.82, 2.24) is 4.98 Å². The van der Waals surface area contributed by atoms with E-state index in [2.05, 4.69) is 4.98 Å². The average Bonchev–Trinajstić information content (AvgIpc) is 2.96. The number of fused-ring (bicyclic) bond motifs is 1. The van der Waals surface area contributed by atoms with Gasteiger partial charge in [-0.15, -0.1) is 11.3 Å². The van der Waals surface area contributed by atoms with E-state index >= 15 is 0 Å². The van der Waals surface area contributed by atoms with Crippen molar-refractivity contribution < 1.29 is 14.6 Å². The summed E-state index contributed by atoms with van der Waals surface area (Å²) in [5.41, 5.74) is 2.12. The Balaban J connectivity index is 1.90. The summed E-state index contributed by atoms with van der Waals surface area (Å²) >= 11 is 1.51. The molecule has 1 aromatic heterocycles. The highest BCUT2D eigenvalue weighted by Crippen LogP contribution is 2.30. The maximum atomic E-state index is 12.5. The van der Waals surface area contributed by atoms with Gasteiger partial charge in [0, 0.05) is 6.07 Å². The summed E-state index contributed by atoms with van der Waals surface area (Å²) in [7, 11) is 1.55. The first-order valence-corrected chi connectivity index (χ1v) is 8.21. The van der Waals surface area contributed by atoms with E-state index in [0.717, 1.165) is 27.2 Å². The number of para-hydroxylation sites is 1. The second kappa shape index (κ2) is 6.38. The van der Waals surface area contributed by atoms with Crippen molar-refractivity contribution in [1.29, 1.82) is 0 Å². The first-order valence-electron chi connectivity index (χ1n) is 7.40. The number of hydrogen-bond acceptors (Lipinski definition) is 5. The number of aryl methyl sites for hydroxylation is 1. The third-order valence-corrected chi connectivity index (χ3v) is 4.77. The predicted molar refractivity (Wildman–Crippen MR) is 91.7 cm³/mol. The van der Waals surface area contributed by atoms with Gasteiger partial charge in [0.05, 0.1) is 29.3 Å². The van der Waals surface area contributed by atoms with E-state index in [1.807, 2.05) is 31.2 Å². The van der Waals surface area contributed by atoms with Crippen LogP contribution in [0.1, 0.15) is 27.9 Å². The third kappa shape index (κ3) is 3.05. The number of phenols is 1. The molecule has 0 atom stereocenters. The number of rotatable bonds is 5. The van der Waals surface area contributed by atoms with E-state index in [4.69, 9.17) is 4.74 Å². The Bertz CT molecular complexity index is 837. The molecule has 0 aliphatic rings. The minimum absolute atomic E-state index is 0.0508. The van der Waals surface area contributed by atoms with Crippen molar-refractivity contribution >= 4 is 27.3 Å². The summed E-state index contributed by atoms with van der Waals surface area (Å²) in [6.07, 6.45) is 0.910. The summed E-state index contributed by atoms with van der Waals surface area (Å²) in [5.74, 6) is 0.408. The summed E-state index contributed by atoms with van der Waals surface area (Å²) < 4.78 is 6.29. The van der Waals surface area contributed by atoms with Gasteiger partial charge in [-0.3, -0.25) is 4.79 Å². The number of carbonyl (C=O) groups is 1. The molecule has 3 aromatic rings. The van der Waals surface area contributed by atoms with Gasteiger partial charge in [0.2, 0.25) is 0 Å². The molecule has 0 saturated heterocycles. The maximum Gasteiger partial charge on any atom is 0.173 e. The van der Waals surface area contributed by atoms with E-state index in [1.54, 1.807) is 13.2 Å². The van der Waals surface area contributed by atoms with Gasteiger partial charge in [-0.25, -0.2) is 4.98 Å². The molecule has 23 heavy (non-hydrogen) atoms. The molecule has 0 radical (unpaired) electrons. The number of phenolic OH excluding ortho intramolecular Hbond substituents is 1. The lowest BCUT2D eigenvalue weighted by atomic mass is 10.0. The largest absolute Gasteiger partial charge is 0.507 e. The lowest BCUT2D eigenvalue weighted by Crippen LogP contribution is -2.05. The lowest BCUT2D eigenvalue weighted by Gasteiger charge is -2.10. The van der Waals surface area contributed by atoms with E-state index in [0.29, 0.717) is 11.3 Å². The average molecular weight is 327 g/mol. The van der Waals surface area contributed by atoms with Crippen LogP contribution < -0.4 is 4.74 Å². The minimum atomic E-state index is -0.140. The van der Waals surface area contributed by atoms with E-state index in [-0.39, 0.29) is 18.0 Å². The number of ether oxygens (including phenoxy) is 1. The molecular formula is C18H17NO3S. The van der Waals surface area contributed by atoms with Crippen LogP contribution >= 0.6 is 11.3 Å². The molecular weight excluding hydrogens is 310 g/mol. The fourth-order valence-electron chi connectivity index (χ4n) is 2.53. The Kier molecular flexibility index (Phi) is 4.30. The van der Waals surface area contributed by atoms with Crippen LogP contribution in [0.4, 0.5) is 0 Å². The van der Waals surface area contributed by atoms with Crippen molar-refractivity contribution in [3.63, 3.8) is 0 Å². The first kappa shape index (κ1) is 15.5. The van der Waals surface area contributed by atoms with Crippen LogP contribution in [0, 0.1) is 0 Å². The number of carbonyl (C=O) groups excluding carboxylic acids is 1. The highest BCUT2D eigenvalue weighted by molar-refractivity contribution is 7.18. The molecule has 1 N–H and O–H groups in total. The highest BCUT2D eigenvalue weighted by Gasteiger charge is 2.17. The summed E-state index contributed by atoms with van der Waals surface area (Å²) in [5, 5.41) is 10.9. The van der Waals surface area contributed by atoms with Crippen LogP contribution in [-0.2, 0) is 12.8 Å². The van der Waals surface area contributed by atoms with Gasteiger partial charge in [0.15, 0.2) is 5.78 Å². The topological polar surface area (TPSA) is 59.4 Å². The monoisotopic (exact) mass is 327 g/mol. The zero-order valence-corrected chi connectivity index (χ0v) is 13.8. The van der Waals surface area contributed by atoms with Gasteiger partial charge in [0.25, 0.3) is 0 Å². The normalized spacial score (nSPS) is 10.9. The molecule has 0 bridgehead atoms. The first-order chi connectivity index (χ1) is 11.1. The summed E-state index contributed by atoms with van der Waals surface area (Å²) in [4.78, 5) is 17.0. The molecule has 1 heterocycles. The van der Waals surface area contributed by atoms with Gasteiger partial charge >= 0.3 is 0 Å². The van der Waals surface area contributed by atoms with Crippen molar-refractivity contribution in [3.05, 3.63) is 52.5 Å². The molecule has 0 amide bonds. The summed E-state index contributed by atoms with van der Waals surface area (Å²) in [6, 6.07) is 11.0. The second-order valence-corrected chi connectivity index (χ2v) is 6.33. The zero-order chi connectivity index (χ0) is 16.4. The summed E-state index contributed by atoms with van der Waals surface area (Å²) in [6.45, 7) is 1.98. The molecule has 5 heteroatoms. The van der Waals surface area contributed by atoms with Gasteiger partial charge < -0.3 is 9.84 Å². The Hall–Kier alpha value is -2.40. The van der Waals surface area contributed by atoms with E-state index in [9.17, 15) is 9.90 Å². The van der Waals surface area contributed by atoms with Gasteiger partial charge in [-0.2, -0.15) is 0 Å². The zero-order valence-electron chi connectivity index (χ0n) is 13.0. The van der Waals surface area contributed by atoms with Crippen LogP contribution in [0.2, 0.25) is 0 Å². The van der Waals surface area contributed by atoms with Gasteiger partial charge in [-0.05, 0) is 30.2 Å². The Morgan fingerprint density at radius 3 is 2.78 bits per heavy atom. The molecule has 0 saturated carbocycles. The van der Waals surface area contributed by atoms with E-state index in [1.165, 1.54) is 17.4 Å². The van der Waals surface area contributed by atoms with Crippen LogP contribution in [-0.4, -0.2) is 23.0 Å². The number of aromatic nitrogens is 1. The smallest absolute Gasteiger partial charge is 0.173 e. The lowest BCUT2D eigenvalue weighted by molar-refractivity contribution is 0.0990. The van der Waals surface area contributed by atoms with Gasteiger partial charge in [0.1, 0.15) is 16.5 Å². The molecule has 2 aromatic carbocycles. The number of nitrogens with zero attached hydrogens (tertiary/aromatic N) is 1. The quantitative estimate of drug-likeness (QED) is 0.720. The fourth-order valence-corrected chi connectivity index (χ4v) is 3.50. The van der Waals surface area contributed by atoms with Crippen LogP contribution in [0.25, 0.3) is 10.2 Å². The van der Waals surface area contributed by atoms with Crippen LogP contribution in [0.3, 0.4) is 0 Å². The van der Waals surface area contributed by atoms with E-state index < -0.39 is 0 Å². The SMILES string of the molecule is CCc1cc(C(=O)Cc2nc3ccccc3s2)c(O)cc1OC. The molecule has 0 unspecified atom stereocenters. The fraction of sp³-hybridized carbons (Fsp3) is 0.222. The molecule has 4 nitrogen and oxygen atoms in total. The molecule has 0 spiro atoms. The molecule has 118 valence electrons. The highest BCUT2D eigenvalue weighted by atomic mass is 32.1. The molecule has 3 rings (SSSR count). The van der Waals surface area contributed by atoms with Crippen molar-refractivity contribution in [2.45, 2.75) is 19.8 Å².